The molecule has 1 heterocycles. The van der Waals surface area contributed by atoms with Crippen molar-refractivity contribution in [3.8, 4) is 5.75 Å². The number of hydrogen-bond donors (Lipinski definition) is 1. The van der Waals surface area contributed by atoms with E-state index in [-0.39, 0.29) is 11.3 Å². The summed E-state index contributed by atoms with van der Waals surface area (Å²) in [4.78, 5) is 11.9. The molecule has 8 heteroatoms. The van der Waals surface area contributed by atoms with E-state index in [2.05, 4.69) is 15.2 Å². The minimum absolute atomic E-state index is 0.0269. The van der Waals surface area contributed by atoms with Gasteiger partial charge in [-0.3, -0.25) is 9.48 Å². The van der Waals surface area contributed by atoms with Crippen LogP contribution in [0.3, 0.4) is 0 Å². The number of nitrogens with one attached hydrogen (secondary N) is 1. The summed E-state index contributed by atoms with van der Waals surface area (Å²) >= 11 is 0. The Kier molecular flexibility index (Phi) is 4.15. The lowest BCUT2D eigenvalue weighted by atomic mass is 10.2. The van der Waals surface area contributed by atoms with Crippen molar-refractivity contribution >= 4 is 11.7 Å². The van der Waals surface area contributed by atoms with Gasteiger partial charge in [-0.2, -0.15) is 18.3 Å². The summed E-state index contributed by atoms with van der Waals surface area (Å²) < 4.78 is 42.3. The number of nitrogens with zero attached hydrogens (tertiary/aromatic N) is 2. The monoisotopic (exact) mass is 299 g/mol. The van der Waals surface area contributed by atoms with Crippen LogP contribution in [0.1, 0.15) is 10.4 Å². The number of aromatic nitrogens is 2. The number of amides is 1. The zero-order chi connectivity index (χ0) is 15.5. The number of aryl methyl sites for hydroxylation is 1. The van der Waals surface area contributed by atoms with Gasteiger partial charge in [-0.15, -0.1) is 0 Å². The molecule has 1 aromatic heterocycles. The highest BCUT2D eigenvalue weighted by Crippen LogP contribution is 2.19. The number of carbonyl (C=O) groups is 1. The number of carbonyl (C=O) groups excluding carboxylic acids is 1. The van der Waals surface area contributed by atoms with E-state index in [0.29, 0.717) is 5.82 Å². The zero-order valence-corrected chi connectivity index (χ0v) is 11.0. The number of rotatable bonds is 4. The predicted octanol–water partition coefficient (Wildman–Crippen LogP) is 2.61. The summed E-state index contributed by atoms with van der Waals surface area (Å²) in [6.45, 7) is -1.40. The summed E-state index contributed by atoms with van der Waals surface area (Å²) in [6.07, 6.45) is -2.77. The van der Waals surface area contributed by atoms with E-state index in [1.165, 1.54) is 28.9 Å². The van der Waals surface area contributed by atoms with E-state index in [1.54, 1.807) is 19.3 Å². The molecule has 0 aliphatic rings. The van der Waals surface area contributed by atoms with Crippen LogP contribution in [-0.2, 0) is 7.05 Å². The first-order chi connectivity index (χ1) is 9.83. The molecule has 0 fully saturated rings. The molecule has 0 radical (unpaired) electrons. The van der Waals surface area contributed by atoms with Crippen molar-refractivity contribution in [2.75, 3.05) is 11.9 Å². The van der Waals surface area contributed by atoms with Crippen LogP contribution >= 0.6 is 0 Å². The SMILES string of the molecule is Cn1ccc(NC(=O)c2cccc(OCC(F)(F)F)c2)n1. The Hall–Kier alpha value is -2.51. The molecule has 112 valence electrons. The van der Waals surface area contributed by atoms with Crippen LogP contribution in [0.2, 0.25) is 0 Å². The second kappa shape index (κ2) is 5.86. The van der Waals surface area contributed by atoms with Crippen LogP contribution in [-0.4, -0.2) is 28.5 Å². The van der Waals surface area contributed by atoms with E-state index in [4.69, 9.17) is 0 Å². The number of anilines is 1. The fourth-order valence-corrected chi connectivity index (χ4v) is 1.56. The maximum Gasteiger partial charge on any atom is 0.422 e. The van der Waals surface area contributed by atoms with Gasteiger partial charge in [-0.25, -0.2) is 0 Å². The Morgan fingerprint density at radius 2 is 2.14 bits per heavy atom. The standard InChI is InChI=1S/C13H12F3N3O2/c1-19-6-5-11(18-19)17-12(20)9-3-2-4-10(7-9)21-8-13(14,15)16/h2-7H,8H2,1H3,(H,17,18,20). The van der Waals surface area contributed by atoms with Crippen molar-refractivity contribution in [2.45, 2.75) is 6.18 Å². The molecule has 0 saturated heterocycles. The molecule has 2 rings (SSSR count). The van der Waals surface area contributed by atoms with Crippen molar-refractivity contribution in [1.82, 2.24) is 9.78 Å². The summed E-state index contributed by atoms with van der Waals surface area (Å²) in [5.74, 6) is -0.156. The lowest BCUT2D eigenvalue weighted by molar-refractivity contribution is -0.153. The maximum absolute atomic E-state index is 12.1. The quantitative estimate of drug-likeness (QED) is 0.944. The van der Waals surface area contributed by atoms with E-state index < -0.39 is 18.7 Å². The summed E-state index contributed by atoms with van der Waals surface area (Å²) in [5, 5.41) is 6.50. The highest BCUT2D eigenvalue weighted by atomic mass is 19.4. The van der Waals surface area contributed by atoms with Crippen molar-refractivity contribution < 1.29 is 22.7 Å². The minimum Gasteiger partial charge on any atom is -0.484 e. The molecule has 0 aliphatic heterocycles. The minimum atomic E-state index is -4.42. The molecule has 0 spiro atoms. The Morgan fingerprint density at radius 3 is 2.76 bits per heavy atom. The Balaban J connectivity index is 2.04. The van der Waals surface area contributed by atoms with Gasteiger partial charge in [0.05, 0.1) is 0 Å². The number of alkyl halides is 3. The van der Waals surface area contributed by atoms with Gasteiger partial charge in [0.1, 0.15) is 5.75 Å². The lowest BCUT2D eigenvalue weighted by Crippen LogP contribution is -2.19. The molecule has 1 aromatic carbocycles. The molecular weight excluding hydrogens is 287 g/mol. The zero-order valence-electron chi connectivity index (χ0n) is 11.0. The molecule has 21 heavy (non-hydrogen) atoms. The molecule has 0 aliphatic carbocycles. The van der Waals surface area contributed by atoms with E-state index in [9.17, 15) is 18.0 Å². The average molecular weight is 299 g/mol. The van der Waals surface area contributed by atoms with Gasteiger partial charge in [0.15, 0.2) is 12.4 Å². The topological polar surface area (TPSA) is 56.2 Å². The van der Waals surface area contributed by atoms with Crippen LogP contribution in [0.5, 0.6) is 5.75 Å². The number of benzene rings is 1. The van der Waals surface area contributed by atoms with Gasteiger partial charge in [0, 0.05) is 24.9 Å². The highest BCUT2D eigenvalue weighted by Gasteiger charge is 2.28. The molecule has 1 N–H and O–H groups in total. The molecule has 5 nitrogen and oxygen atoms in total. The van der Waals surface area contributed by atoms with E-state index in [1.807, 2.05) is 0 Å². The molecule has 0 unspecified atom stereocenters. The fourth-order valence-electron chi connectivity index (χ4n) is 1.56. The smallest absolute Gasteiger partial charge is 0.422 e. The Morgan fingerprint density at radius 1 is 1.38 bits per heavy atom. The second-order valence-electron chi connectivity index (χ2n) is 4.26. The fraction of sp³-hybridized carbons (Fsp3) is 0.231. The van der Waals surface area contributed by atoms with Crippen LogP contribution < -0.4 is 10.1 Å². The molecule has 2 aromatic rings. The van der Waals surface area contributed by atoms with Gasteiger partial charge in [-0.05, 0) is 18.2 Å². The summed E-state index contributed by atoms with van der Waals surface area (Å²) in [6, 6.07) is 7.10. The van der Waals surface area contributed by atoms with Gasteiger partial charge in [0.2, 0.25) is 0 Å². The maximum atomic E-state index is 12.1. The third-order valence-corrected chi connectivity index (χ3v) is 2.45. The van der Waals surface area contributed by atoms with Crippen molar-refractivity contribution in [2.24, 2.45) is 7.05 Å². The van der Waals surface area contributed by atoms with Crippen LogP contribution in [0, 0.1) is 0 Å². The first kappa shape index (κ1) is 14.9. The molecule has 0 atom stereocenters. The van der Waals surface area contributed by atoms with Crippen molar-refractivity contribution in [1.29, 1.82) is 0 Å². The normalized spacial score (nSPS) is 11.2. The summed E-state index contributed by atoms with van der Waals surface area (Å²) in [5.41, 5.74) is 0.181. The first-order valence-electron chi connectivity index (χ1n) is 5.94. The Bertz CT molecular complexity index is 638. The van der Waals surface area contributed by atoms with Crippen molar-refractivity contribution in [3.63, 3.8) is 0 Å². The number of ether oxygens (including phenoxy) is 1. The average Bonchev–Trinajstić information content (AvgIpc) is 2.81. The molecule has 0 bridgehead atoms. The van der Waals surface area contributed by atoms with E-state index in [0.717, 1.165) is 0 Å². The van der Waals surface area contributed by atoms with Gasteiger partial charge in [0.25, 0.3) is 5.91 Å². The van der Waals surface area contributed by atoms with Gasteiger partial charge >= 0.3 is 6.18 Å². The number of hydrogen-bond acceptors (Lipinski definition) is 3. The van der Waals surface area contributed by atoms with Gasteiger partial charge < -0.3 is 10.1 Å². The second-order valence-corrected chi connectivity index (χ2v) is 4.26. The van der Waals surface area contributed by atoms with Crippen LogP contribution in [0.4, 0.5) is 19.0 Å². The van der Waals surface area contributed by atoms with Crippen molar-refractivity contribution in [3.05, 3.63) is 42.1 Å². The van der Waals surface area contributed by atoms with Crippen LogP contribution in [0.25, 0.3) is 0 Å². The molecular formula is C13H12F3N3O2. The first-order valence-corrected chi connectivity index (χ1v) is 5.94. The van der Waals surface area contributed by atoms with Crippen LogP contribution in [0.15, 0.2) is 36.5 Å². The summed E-state index contributed by atoms with van der Waals surface area (Å²) in [7, 11) is 1.70. The predicted molar refractivity (Wildman–Crippen MR) is 69.2 cm³/mol. The van der Waals surface area contributed by atoms with Gasteiger partial charge in [-0.1, -0.05) is 6.07 Å². The largest absolute Gasteiger partial charge is 0.484 e. The molecule has 0 saturated carbocycles. The highest BCUT2D eigenvalue weighted by molar-refractivity contribution is 6.03. The number of halogens is 3. The lowest BCUT2D eigenvalue weighted by Gasteiger charge is -2.10. The third-order valence-electron chi connectivity index (χ3n) is 2.45. The van der Waals surface area contributed by atoms with E-state index >= 15 is 0 Å². The third kappa shape index (κ3) is 4.51. The molecule has 1 amide bonds. The Labute approximate surface area is 118 Å².